The zero-order valence-electron chi connectivity index (χ0n) is 17.4. The second kappa shape index (κ2) is 6.60. The Hall–Kier alpha value is -4.30. The maximum atomic E-state index is 2.43. The van der Waals surface area contributed by atoms with Crippen molar-refractivity contribution in [1.82, 2.24) is 9.13 Å². The van der Waals surface area contributed by atoms with Crippen molar-refractivity contribution in [3.8, 4) is 11.4 Å². The number of para-hydroxylation sites is 3. The number of fused-ring (bicyclic) bond motifs is 7. The van der Waals surface area contributed by atoms with Crippen LogP contribution in [0.4, 0.5) is 0 Å². The molecular formula is C30H20N2. The van der Waals surface area contributed by atoms with Crippen LogP contribution in [0.1, 0.15) is 0 Å². The molecule has 0 aliphatic heterocycles. The molecule has 0 saturated carbocycles. The Balaban J connectivity index is 1.83. The van der Waals surface area contributed by atoms with Gasteiger partial charge in [0.25, 0.3) is 0 Å². The normalized spacial score (nSPS) is 11.8. The molecule has 150 valence electrons. The van der Waals surface area contributed by atoms with Gasteiger partial charge in [0.05, 0.1) is 22.1 Å². The summed E-state index contributed by atoms with van der Waals surface area (Å²) in [6.07, 6.45) is 0. The second-order valence-electron chi connectivity index (χ2n) is 8.24. The largest absolute Gasteiger partial charge is 0.307 e. The number of aromatic nitrogens is 2. The molecule has 32 heavy (non-hydrogen) atoms. The van der Waals surface area contributed by atoms with E-state index in [-0.39, 0.29) is 0 Å². The van der Waals surface area contributed by atoms with Gasteiger partial charge in [-0.3, -0.25) is 0 Å². The lowest BCUT2D eigenvalue weighted by Gasteiger charge is -2.10. The average Bonchev–Trinajstić information content (AvgIpc) is 3.38. The SMILES string of the molecule is c1ccc(-n2c3ccc4ccccc4c3c3c2c2ccccc2n3-c2ccccc2)cc1. The van der Waals surface area contributed by atoms with E-state index in [0.29, 0.717) is 0 Å². The third-order valence-electron chi connectivity index (χ3n) is 6.49. The lowest BCUT2D eigenvalue weighted by molar-refractivity contribution is 1.17. The molecule has 0 aliphatic rings. The minimum absolute atomic E-state index is 1.18. The molecule has 0 aliphatic carbocycles. The summed E-state index contributed by atoms with van der Waals surface area (Å²) >= 11 is 0. The minimum atomic E-state index is 1.18. The van der Waals surface area contributed by atoms with Crippen molar-refractivity contribution in [2.24, 2.45) is 0 Å². The Morgan fingerprint density at radius 2 is 0.938 bits per heavy atom. The first-order valence-corrected chi connectivity index (χ1v) is 11.0. The molecule has 0 bridgehead atoms. The molecule has 0 atom stereocenters. The molecule has 0 N–H and O–H groups in total. The summed E-state index contributed by atoms with van der Waals surface area (Å²) in [6, 6.07) is 43.4. The fraction of sp³-hybridized carbons (Fsp3) is 0. The predicted molar refractivity (Wildman–Crippen MR) is 135 cm³/mol. The molecule has 0 amide bonds. The number of benzene rings is 5. The molecule has 0 fully saturated rings. The van der Waals surface area contributed by atoms with Crippen molar-refractivity contribution in [1.29, 1.82) is 0 Å². The van der Waals surface area contributed by atoms with Crippen molar-refractivity contribution < 1.29 is 0 Å². The fourth-order valence-electron chi connectivity index (χ4n) is 5.19. The molecule has 2 heteroatoms. The highest BCUT2D eigenvalue weighted by Gasteiger charge is 2.22. The van der Waals surface area contributed by atoms with Crippen LogP contribution in [0.15, 0.2) is 121 Å². The Morgan fingerprint density at radius 1 is 0.375 bits per heavy atom. The van der Waals surface area contributed by atoms with Gasteiger partial charge >= 0.3 is 0 Å². The molecule has 2 heterocycles. The standard InChI is InChI=1S/C30H20N2/c1-3-12-22(13-4-1)31-26-18-10-9-17-25(26)29-30(31)28-24-16-8-7-11-21(24)19-20-27(28)32(29)23-14-5-2-6-15-23/h1-20H. The topological polar surface area (TPSA) is 9.86 Å². The first kappa shape index (κ1) is 17.4. The third-order valence-corrected chi connectivity index (χ3v) is 6.49. The molecule has 0 unspecified atom stereocenters. The number of hydrogen-bond acceptors (Lipinski definition) is 0. The molecule has 0 saturated heterocycles. The zero-order chi connectivity index (χ0) is 21.1. The summed E-state index contributed by atoms with van der Waals surface area (Å²) in [4.78, 5) is 0. The van der Waals surface area contributed by atoms with E-state index in [1.54, 1.807) is 0 Å². The summed E-state index contributed by atoms with van der Waals surface area (Å²) in [6.45, 7) is 0. The van der Waals surface area contributed by atoms with Crippen LogP contribution in [0.5, 0.6) is 0 Å². The molecule has 7 aromatic rings. The van der Waals surface area contributed by atoms with E-state index in [9.17, 15) is 0 Å². The Kier molecular flexibility index (Phi) is 3.58. The van der Waals surface area contributed by atoms with Gasteiger partial charge < -0.3 is 9.13 Å². The predicted octanol–water partition coefficient (Wildman–Crippen LogP) is 7.88. The summed E-state index contributed by atoms with van der Waals surface area (Å²) < 4.78 is 4.86. The van der Waals surface area contributed by atoms with Crippen LogP contribution in [0.3, 0.4) is 0 Å². The zero-order valence-corrected chi connectivity index (χ0v) is 17.4. The molecule has 5 aromatic carbocycles. The highest BCUT2D eigenvalue weighted by atomic mass is 15.1. The fourth-order valence-corrected chi connectivity index (χ4v) is 5.19. The van der Waals surface area contributed by atoms with Crippen LogP contribution < -0.4 is 0 Å². The van der Waals surface area contributed by atoms with E-state index in [2.05, 4.69) is 130 Å². The maximum Gasteiger partial charge on any atom is 0.0810 e. The van der Waals surface area contributed by atoms with Gasteiger partial charge in [-0.25, -0.2) is 0 Å². The number of hydrogen-bond donors (Lipinski definition) is 0. The van der Waals surface area contributed by atoms with Gasteiger partial charge in [0.2, 0.25) is 0 Å². The van der Waals surface area contributed by atoms with Gasteiger partial charge in [-0.05, 0) is 47.2 Å². The van der Waals surface area contributed by atoms with E-state index in [1.807, 2.05) is 0 Å². The smallest absolute Gasteiger partial charge is 0.0810 e. The van der Waals surface area contributed by atoms with Gasteiger partial charge in [0.15, 0.2) is 0 Å². The van der Waals surface area contributed by atoms with Gasteiger partial charge in [0, 0.05) is 22.1 Å². The molecule has 0 spiro atoms. The van der Waals surface area contributed by atoms with Crippen molar-refractivity contribution in [2.75, 3.05) is 0 Å². The number of rotatable bonds is 2. The monoisotopic (exact) mass is 408 g/mol. The van der Waals surface area contributed by atoms with Gasteiger partial charge in [-0.2, -0.15) is 0 Å². The van der Waals surface area contributed by atoms with Gasteiger partial charge in [-0.15, -0.1) is 0 Å². The van der Waals surface area contributed by atoms with Crippen LogP contribution >= 0.6 is 0 Å². The van der Waals surface area contributed by atoms with Crippen LogP contribution in [0.2, 0.25) is 0 Å². The van der Waals surface area contributed by atoms with Crippen molar-refractivity contribution in [3.63, 3.8) is 0 Å². The molecule has 7 rings (SSSR count). The first-order chi connectivity index (χ1) is 15.9. The average molecular weight is 409 g/mol. The van der Waals surface area contributed by atoms with Gasteiger partial charge in [0.1, 0.15) is 0 Å². The Morgan fingerprint density at radius 3 is 1.66 bits per heavy atom. The summed E-state index contributed by atoms with van der Waals surface area (Å²) in [5, 5.41) is 5.10. The molecule has 0 radical (unpaired) electrons. The van der Waals surface area contributed by atoms with Crippen molar-refractivity contribution in [2.45, 2.75) is 0 Å². The van der Waals surface area contributed by atoms with Crippen molar-refractivity contribution in [3.05, 3.63) is 121 Å². The first-order valence-electron chi connectivity index (χ1n) is 11.0. The second-order valence-corrected chi connectivity index (χ2v) is 8.24. The van der Waals surface area contributed by atoms with E-state index < -0.39 is 0 Å². The highest BCUT2D eigenvalue weighted by Crippen LogP contribution is 2.42. The number of nitrogens with zero attached hydrogens (tertiary/aromatic N) is 2. The Labute approximate surface area is 185 Å². The lowest BCUT2D eigenvalue weighted by atomic mass is 10.1. The molecule has 2 nitrogen and oxygen atoms in total. The van der Waals surface area contributed by atoms with Gasteiger partial charge in [-0.1, -0.05) is 84.9 Å². The summed E-state index contributed by atoms with van der Waals surface area (Å²) in [7, 11) is 0. The van der Waals surface area contributed by atoms with E-state index in [1.165, 1.54) is 55.0 Å². The lowest BCUT2D eigenvalue weighted by Crippen LogP contribution is -1.93. The van der Waals surface area contributed by atoms with Crippen LogP contribution in [-0.2, 0) is 0 Å². The highest BCUT2D eigenvalue weighted by molar-refractivity contribution is 6.26. The van der Waals surface area contributed by atoms with Crippen LogP contribution in [0, 0.1) is 0 Å². The quantitative estimate of drug-likeness (QED) is 0.275. The molecule has 2 aromatic heterocycles. The van der Waals surface area contributed by atoms with Crippen LogP contribution in [-0.4, -0.2) is 9.13 Å². The Bertz CT molecular complexity index is 1720. The molecular weight excluding hydrogens is 388 g/mol. The third kappa shape index (κ3) is 2.29. The van der Waals surface area contributed by atoms with Crippen LogP contribution in [0.25, 0.3) is 55.0 Å². The summed E-state index contributed by atoms with van der Waals surface area (Å²) in [5.74, 6) is 0. The summed E-state index contributed by atoms with van der Waals surface area (Å²) in [5.41, 5.74) is 7.33. The van der Waals surface area contributed by atoms with E-state index in [4.69, 9.17) is 0 Å². The van der Waals surface area contributed by atoms with E-state index >= 15 is 0 Å². The van der Waals surface area contributed by atoms with Crippen molar-refractivity contribution >= 4 is 43.6 Å². The maximum absolute atomic E-state index is 2.43. The minimum Gasteiger partial charge on any atom is -0.307 e. The van der Waals surface area contributed by atoms with E-state index in [0.717, 1.165) is 0 Å².